The fourth-order valence-electron chi connectivity index (χ4n) is 3.60. The molecule has 1 fully saturated rings. The van der Waals surface area contributed by atoms with Crippen molar-refractivity contribution in [1.29, 1.82) is 0 Å². The van der Waals surface area contributed by atoms with Gasteiger partial charge in [-0.2, -0.15) is 5.10 Å². The number of benzene rings is 2. The molecule has 23 heavy (non-hydrogen) atoms. The molecule has 1 saturated heterocycles. The Balaban J connectivity index is 1.50. The van der Waals surface area contributed by atoms with Crippen LogP contribution in [0.1, 0.15) is 23.6 Å². The van der Waals surface area contributed by atoms with E-state index in [2.05, 4.69) is 39.7 Å². The molecule has 0 spiro atoms. The van der Waals surface area contributed by atoms with Gasteiger partial charge in [0, 0.05) is 37.7 Å². The van der Waals surface area contributed by atoms with Crippen LogP contribution in [0.3, 0.4) is 0 Å². The first-order chi connectivity index (χ1) is 11.3. The van der Waals surface area contributed by atoms with E-state index in [1.165, 1.54) is 17.3 Å². The number of hydrogen-bond donors (Lipinski definition) is 1. The van der Waals surface area contributed by atoms with Gasteiger partial charge in [-0.25, -0.2) is 4.39 Å². The van der Waals surface area contributed by atoms with Crippen LogP contribution in [0.15, 0.2) is 59.7 Å². The Hall–Kier alpha value is -2.20. The highest BCUT2D eigenvalue weighted by Crippen LogP contribution is 2.33. The zero-order chi connectivity index (χ0) is 15.6. The summed E-state index contributed by atoms with van der Waals surface area (Å²) in [7, 11) is 0. The summed E-state index contributed by atoms with van der Waals surface area (Å²) in [6.45, 7) is 2.95. The smallest absolute Gasteiger partial charge is 0.123 e. The van der Waals surface area contributed by atoms with Crippen LogP contribution >= 0.6 is 0 Å². The molecule has 2 atom stereocenters. The zero-order valence-corrected chi connectivity index (χ0v) is 13.0. The van der Waals surface area contributed by atoms with E-state index in [9.17, 15) is 4.39 Å². The lowest BCUT2D eigenvalue weighted by Crippen LogP contribution is -2.41. The van der Waals surface area contributed by atoms with E-state index >= 15 is 0 Å². The van der Waals surface area contributed by atoms with Crippen molar-refractivity contribution >= 4 is 5.71 Å². The van der Waals surface area contributed by atoms with Crippen LogP contribution in [-0.4, -0.2) is 23.7 Å². The minimum absolute atomic E-state index is 0.0827. The quantitative estimate of drug-likeness (QED) is 0.941. The third-order valence-corrected chi connectivity index (χ3v) is 4.77. The average Bonchev–Trinajstić information content (AvgIpc) is 2.99. The number of nitrogens with one attached hydrogen (secondary N) is 1. The zero-order valence-electron chi connectivity index (χ0n) is 13.0. The number of likely N-dealkylation sites (tertiary alicyclic amines) is 1. The number of nitrogens with zero attached hydrogens (tertiary/aromatic N) is 2. The van der Waals surface area contributed by atoms with E-state index in [1.54, 1.807) is 12.1 Å². The number of hydrazone groups is 1. The molecule has 2 aromatic carbocycles. The normalized spacial score (nSPS) is 24.0. The number of halogens is 1. The van der Waals surface area contributed by atoms with Crippen molar-refractivity contribution in [3.63, 3.8) is 0 Å². The minimum Gasteiger partial charge on any atom is -0.302 e. The van der Waals surface area contributed by atoms with Crippen molar-refractivity contribution in [2.75, 3.05) is 13.1 Å². The van der Waals surface area contributed by atoms with Gasteiger partial charge in [-0.3, -0.25) is 4.90 Å². The molecule has 0 bridgehead atoms. The molecule has 2 aliphatic heterocycles. The number of fused-ring (bicyclic) bond motifs is 1. The first-order valence-corrected chi connectivity index (χ1v) is 8.13. The van der Waals surface area contributed by atoms with Gasteiger partial charge in [0.25, 0.3) is 0 Å². The molecule has 3 nitrogen and oxygen atoms in total. The third kappa shape index (κ3) is 2.99. The second-order valence-corrected chi connectivity index (χ2v) is 6.34. The van der Waals surface area contributed by atoms with Crippen molar-refractivity contribution in [2.45, 2.75) is 19.0 Å². The van der Waals surface area contributed by atoms with Crippen molar-refractivity contribution in [3.05, 3.63) is 71.5 Å². The van der Waals surface area contributed by atoms with Crippen LogP contribution in [0, 0.1) is 11.7 Å². The molecule has 2 aromatic rings. The summed E-state index contributed by atoms with van der Waals surface area (Å²) in [6, 6.07) is 17.5. The highest BCUT2D eigenvalue weighted by Gasteiger charge is 2.36. The molecule has 4 heteroatoms. The summed E-state index contributed by atoms with van der Waals surface area (Å²) in [4.78, 5) is 2.47. The van der Waals surface area contributed by atoms with Crippen LogP contribution in [0.4, 0.5) is 4.39 Å². The summed E-state index contributed by atoms with van der Waals surface area (Å²) >= 11 is 0. The van der Waals surface area contributed by atoms with Gasteiger partial charge in [-0.05, 0) is 23.3 Å². The predicted octanol–water partition coefficient (Wildman–Crippen LogP) is 3.35. The lowest BCUT2D eigenvalue weighted by atomic mass is 9.86. The summed E-state index contributed by atoms with van der Waals surface area (Å²) in [5, 5.41) is 4.50. The largest absolute Gasteiger partial charge is 0.302 e. The van der Waals surface area contributed by atoms with Gasteiger partial charge in [-0.1, -0.05) is 42.5 Å². The molecule has 0 amide bonds. The Bertz CT molecular complexity index is 714. The van der Waals surface area contributed by atoms with E-state index in [4.69, 9.17) is 0 Å². The third-order valence-electron chi connectivity index (χ3n) is 4.77. The van der Waals surface area contributed by atoms with E-state index < -0.39 is 0 Å². The van der Waals surface area contributed by atoms with Gasteiger partial charge in [-0.15, -0.1) is 0 Å². The molecule has 0 aliphatic carbocycles. The summed E-state index contributed by atoms with van der Waals surface area (Å²) in [6.07, 6.45) is 0.982. The molecule has 2 unspecified atom stereocenters. The molecule has 2 aliphatic rings. The van der Waals surface area contributed by atoms with E-state index in [1.807, 2.05) is 12.1 Å². The number of hydrogen-bond acceptors (Lipinski definition) is 3. The van der Waals surface area contributed by atoms with Crippen LogP contribution in [0.5, 0.6) is 0 Å². The summed E-state index contributed by atoms with van der Waals surface area (Å²) in [5.74, 6) is 0.143. The second kappa shape index (κ2) is 6.13. The molecule has 1 N–H and O–H groups in total. The molecule has 0 saturated carbocycles. The standard InChI is InChI=1S/C19H20FN3/c20-16-8-4-7-15(11-16)19-17-13-23(10-9-18(17)21-22-19)12-14-5-2-1-3-6-14/h1-8,11,17,19,22H,9-10,12-13H2. The van der Waals surface area contributed by atoms with E-state index in [0.717, 1.165) is 31.6 Å². The van der Waals surface area contributed by atoms with E-state index in [-0.39, 0.29) is 11.9 Å². The maximum atomic E-state index is 13.5. The molecule has 4 rings (SSSR count). The average molecular weight is 309 g/mol. The lowest BCUT2D eigenvalue weighted by Gasteiger charge is -2.33. The second-order valence-electron chi connectivity index (χ2n) is 6.34. The van der Waals surface area contributed by atoms with Gasteiger partial charge in [0.1, 0.15) is 5.82 Å². The Morgan fingerprint density at radius 2 is 2.00 bits per heavy atom. The first kappa shape index (κ1) is 14.4. The van der Waals surface area contributed by atoms with E-state index in [0.29, 0.717) is 5.92 Å². The lowest BCUT2D eigenvalue weighted by molar-refractivity contribution is 0.220. The fourth-order valence-corrected chi connectivity index (χ4v) is 3.60. The SMILES string of the molecule is Fc1cccc(C2NN=C3CCN(Cc4ccccc4)CC32)c1. The highest BCUT2D eigenvalue weighted by atomic mass is 19.1. The molecular weight excluding hydrogens is 289 g/mol. The molecule has 0 aromatic heterocycles. The van der Waals surface area contributed by atoms with Crippen LogP contribution in [0.2, 0.25) is 0 Å². The fraction of sp³-hybridized carbons (Fsp3) is 0.316. The number of piperidine rings is 1. The monoisotopic (exact) mass is 309 g/mol. The van der Waals surface area contributed by atoms with Crippen molar-refractivity contribution in [2.24, 2.45) is 11.0 Å². The van der Waals surface area contributed by atoms with Crippen molar-refractivity contribution < 1.29 is 4.39 Å². The van der Waals surface area contributed by atoms with Gasteiger partial charge in [0.15, 0.2) is 0 Å². The first-order valence-electron chi connectivity index (χ1n) is 8.13. The Morgan fingerprint density at radius 3 is 2.83 bits per heavy atom. The topological polar surface area (TPSA) is 27.6 Å². The van der Waals surface area contributed by atoms with Gasteiger partial charge < -0.3 is 5.43 Å². The van der Waals surface area contributed by atoms with Gasteiger partial charge in [0.05, 0.1) is 6.04 Å². The maximum Gasteiger partial charge on any atom is 0.123 e. The van der Waals surface area contributed by atoms with Gasteiger partial charge in [0.2, 0.25) is 0 Å². The highest BCUT2D eigenvalue weighted by molar-refractivity contribution is 5.89. The summed E-state index contributed by atoms with van der Waals surface area (Å²) in [5.41, 5.74) is 6.76. The van der Waals surface area contributed by atoms with Crippen molar-refractivity contribution in [3.8, 4) is 0 Å². The Kier molecular flexibility index (Phi) is 3.83. The molecule has 2 heterocycles. The molecule has 118 valence electrons. The van der Waals surface area contributed by atoms with Gasteiger partial charge >= 0.3 is 0 Å². The molecular formula is C19H20FN3. The van der Waals surface area contributed by atoms with Crippen LogP contribution < -0.4 is 5.43 Å². The van der Waals surface area contributed by atoms with Crippen LogP contribution in [-0.2, 0) is 6.54 Å². The minimum atomic E-state index is -0.185. The predicted molar refractivity (Wildman–Crippen MR) is 89.5 cm³/mol. The summed E-state index contributed by atoms with van der Waals surface area (Å²) < 4.78 is 13.5. The molecule has 0 radical (unpaired) electrons. The maximum absolute atomic E-state index is 13.5. The number of rotatable bonds is 3. The van der Waals surface area contributed by atoms with Crippen molar-refractivity contribution in [1.82, 2.24) is 10.3 Å². The van der Waals surface area contributed by atoms with Crippen LogP contribution in [0.25, 0.3) is 0 Å². The Morgan fingerprint density at radius 1 is 1.13 bits per heavy atom. The Labute approximate surface area is 135 Å².